The maximum atomic E-state index is 14.8. The number of rotatable bonds is 5. The number of hydrogen-bond acceptors (Lipinski definition) is 6. The number of carbonyl (C=O) groups excluding carboxylic acids is 1. The fraction of sp³-hybridized carbons (Fsp3) is 0.273. The van der Waals surface area contributed by atoms with E-state index in [9.17, 15) is 9.18 Å². The third kappa shape index (κ3) is 4.61. The van der Waals surface area contributed by atoms with Crippen molar-refractivity contribution in [3.63, 3.8) is 0 Å². The zero-order valence-electron chi connectivity index (χ0n) is 17.3. The van der Waals surface area contributed by atoms with Crippen molar-refractivity contribution in [3.05, 3.63) is 48.3 Å². The molecule has 4 rings (SSSR count). The Morgan fingerprint density at radius 2 is 1.87 bits per heavy atom. The van der Waals surface area contributed by atoms with Gasteiger partial charge in [-0.25, -0.2) is 14.2 Å². The first-order valence-corrected chi connectivity index (χ1v) is 9.80. The van der Waals surface area contributed by atoms with Gasteiger partial charge in [0.25, 0.3) is 0 Å². The van der Waals surface area contributed by atoms with Crippen molar-refractivity contribution in [2.24, 2.45) is 0 Å². The summed E-state index contributed by atoms with van der Waals surface area (Å²) in [5, 5.41) is 5.93. The molecular formula is C22H23FN4O4. The molecule has 0 saturated carbocycles. The van der Waals surface area contributed by atoms with Crippen molar-refractivity contribution in [1.82, 2.24) is 4.98 Å². The summed E-state index contributed by atoms with van der Waals surface area (Å²) in [5.41, 5.74) is 0.993. The third-order valence-corrected chi connectivity index (χ3v) is 4.98. The Kier molecular flexibility index (Phi) is 6.03. The van der Waals surface area contributed by atoms with Gasteiger partial charge in [-0.2, -0.15) is 0 Å². The molecule has 2 amide bonds. The summed E-state index contributed by atoms with van der Waals surface area (Å²) in [7, 11) is 3.03. The quantitative estimate of drug-likeness (QED) is 0.644. The van der Waals surface area contributed by atoms with Crippen LogP contribution in [-0.2, 0) is 4.74 Å². The molecule has 2 heterocycles. The molecule has 0 spiro atoms. The van der Waals surface area contributed by atoms with Crippen LogP contribution >= 0.6 is 0 Å². The fourth-order valence-corrected chi connectivity index (χ4v) is 3.42. The Morgan fingerprint density at radius 3 is 2.61 bits per heavy atom. The first kappa shape index (κ1) is 20.7. The van der Waals surface area contributed by atoms with E-state index in [1.807, 2.05) is 6.07 Å². The van der Waals surface area contributed by atoms with E-state index < -0.39 is 11.8 Å². The van der Waals surface area contributed by atoms with Crippen molar-refractivity contribution in [1.29, 1.82) is 0 Å². The minimum absolute atomic E-state index is 0.254. The van der Waals surface area contributed by atoms with Gasteiger partial charge in [-0.3, -0.25) is 0 Å². The monoisotopic (exact) mass is 426 g/mol. The van der Waals surface area contributed by atoms with Gasteiger partial charge in [-0.1, -0.05) is 0 Å². The number of methoxy groups -OCH3 is 2. The third-order valence-electron chi connectivity index (χ3n) is 4.98. The lowest BCUT2D eigenvalue weighted by Gasteiger charge is -2.28. The number of nitrogens with zero attached hydrogens (tertiary/aromatic N) is 2. The zero-order chi connectivity index (χ0) is 21.8. The van der Waals surface area contributed by atoms with Crippen molar-refractivity contribution in [2.45, 2.75) is 0 Å². The van der Waals surface area contributed by atoms with Crippen LogP contribution in [0.2, 0.25) is 0 Å². The van der Waals surface area contributed by atoms with Gasteiger partial charge in [0.05, 0.1) is 33.1 Å². The molecule has 0 unspecified atom stereocenters. The number of aromatic nitrogens is 1. The van der Waals surface area contributed by atoms with Crippen LogP contribution in [0, 0.1) is 5.82 Å². The molecule has 1 aliphatic heterocycles. The number of urea groups is 1. The molecule has 0 atom stereocenters. The number of amides is 2. The Bertz CT molecular complexity index is 1100. The van der Waals surface area contributed by atoms with Gasteiger partial charge in [-0.05, 0) is 36.4 Å². The van der Waals surface area contributed by atoms with Crippen molar-refractivity contribution < 1.29 is 23.4 Å². The van der Waals surface area contributed by atoms with Crippen molar-refractivity contribution in [3.8, 4) is 11.5 Å². The van der Waals surface area contributed by atoms with Gasteiger partial charge in [0.15, 0.2) is 5.82 Å². The van der Waals surface area contributed by atoms with Gasteiger partial charge in [0.1, 0.15) is 22.8 Å². The Balaban J connectivity index is 1.53. The second-order valence-corrected chi connectivity index (χ2v) is 6.94. The molecule has 1 aliphatic rings. The summed E-state index contributed by atoms with van der Waals surface area (Å²) in [5.74, 6) is 1.23. The molecular weight excluding hydrogens is 403 g/mol. The van der Waals surface area contributed by atoms with Crippen LogP contribution in [0.1, 0.15) is 0 Å². The number of ether oxygens (including phenoxy) is 3. The van der Waals surface area contributed by atoms with E-state index >= 15 is 0 Å². The molecule has 2 aromatic carbocycles. The smallest absolute Gasteiger partial charge is 0.323 e. The first-order valence-electron chi connectivity index (χ1n) is 9.80. The van der Waals surface area contributed by atoms with Crippen LogP contribution in [0.25, 0.3) is 10.9 Å². The van der Waals surface area contributed by atoms with Gasteiger partial charge in [0.2, 0.25) is 0 Å². The lowest BCUT2D eigenvalue weighted by Crippen LogP contribution is -2.36. The number of benzene rings is 2. The number of anilines is 3. The van der Waals surface area contributed by atoms with Gasteiger partial charge >= 0.3 is 6.03 Å². The maximum Gasteiger partial charge on any atom is 0.323 e. The van der Waals surface area contributed by atoms with Crippen LogP contribution < -0.4 is 25.0 Å². The molecule has 1 fully saturated rings. The minimum Gasteiger partial charge on any atom is -0.497 e. The van der Waals surface area contributed by atoms with Gasteiger partial charge < -0.3 is 29.7 Å². The number of fused-ring (bicyclic) bond motifs is 1. The van der Waals surface area contributed by atoms with Crippen molar-refractivity contribution in [2.75, 3.05) is 56.1 Å². The Labute approximate surface area is 178 Å². The molecule has 1 saturated heterocycles. The normalized spacial score (nSPS) is 13.7. The van der Waals surface area contributed by atoms with Gasteiger partial charge in [0, 0.05) is 30.2 Å². The minimum atomic E-state index is -0.539. The second kappa shape index (κ2) is 9.05. The number of carbonyl (C=O) groups is 1. The molecule has 2 N–H and O–H groups in total. The van der Waals surface area contributed by atoms with Crippen LogP contribution in [0.15, 0.2) is 42.5 Å². The predicted molar refractivity (Wildman–Crippen MR) is 117 cm³/mol. The summed E-state index contributed by atoms with van der Waals surface area (Å²) in [6.07, 6.45) is 0. The molecule has 0 aliphatic carbocycles. The number of pyridine rings is 1. The highest BCUT2D eigenvalue weighted by molar-refractivity contribution is 6.02. The average Bonchev–Trinajstić information content (AvgIpc) is 2.79. The topological polar surface area (TPSA) is 85.0 Å². The summed E-state index contributed by atoms with van der Waals surface area (Å²) in [6.45, 7) is 2.68. The fourth-order valence-electron chi connectivity index (χ4n) is 3.42. The number of morpholine rings is 1. The van der Waals surface area contributed by atoms with E-state index in [2.05, 4.69) is 20.5 Å². The van der Waals surface area contributed by atoms with E-state index in [1.54, 1.807) is 30.3 Å². The molecule has 9 heteroatoms. The van der Waals surface area contributed by atoms with Crippen molar-refractivity contribution >= 4 is 34.1 Å². The molecule has 31 heavy (non-hydrogen) atoms. The standard InChI is InChI=1S/C22H23FN4O4/c1-29-16-4-5-19(30-2)18(13-16)25-22(28)24-15-11-14-3-6-20(26-21(14)17(23)12-15)27-7-9-31-10-8-27/h3-6,11-13H,7-10H2,1-2H3,(H2,24,25,28). The van der Waals surface area contributed by atoms with Gasteiger partial charge in [-0.15, -0.1) is 0 Å². The van der Waals surface area contributed by atoms with E-state index in [0.717, 1.165) is 0 Å². The number of halogens is 1. The molecule has 0 radical (unpaired) electrons. The largest absolute Gasteiger partial charge is 0.497 e. The maximum absolute atomic E-state index is 14.8. The summed E-state index contributed by atoms with van der Waals surface area (Å²) in [6, 6.07) is 11.1. The highest BCUT2D eigenvalue weighted by Crippen LogP contribution is 2.29. The summed E-state index contributed by atoms with van der Waals surface area (Å²) >= 11 is 0. The lowest BCUT2D eigenvalue weighted by molar-refractivity contribution is 0.122. The number of hydrogen-bond donors (Lipinski definition) is 2. The summed E-state index contributed by atoms with van der Waals surface area (Å²) < 4.78 is 30.6. The number of nitrogens with one attached hydrogen (secondary N) is 2. The molecule has 162 valence electrons. The van der Waals surface area contributed by atoms with Crippen LogP contribution in [0.5, 0.6) is 11.5 Å². The zero-order valence-corrected chi connectivity index (χ0v) is 17.3. The lowest BCUT2D eigenvalue weighted by atomic mass is 10.2. The molecule has 8 nitrogen and oxygen atoms in total. The van der Waals surface area contributed by atoms with Crippen LogP contribution in [-0.4, -0.2) is 51.5 Å². The molecule has 1 aromatic heterocycles. The highest BCUT2D eigenvalue weighted by Gasteiger charge is 2.15. The predicted octanol–water partition coefficient (Wildman–Crippen LogP) is 3.87. The van der Waals surface area contributed by atoms with E-state index in [0.29, 0.717) is 60.4 Å². The van der Waals surface area contributed by atoms with E-state index in [1.165, 1.54) is 20.3 Å². The van der Waals surface area contributed by atoms with Crippen LogP contribution in [0.3, 0.4) is 0 Å². The Hall–Kier alpha value is -3.59. The molecule has 3 aromatic rings. The average molecular weight is 426 g/mol. The summed E-state index contributed by atoms with van der Waals surface area (Å²) in [4.78, 5) is 19.0. The Morgan fingerprint density at radius 1 is 1.06 bits per heavy atom. The van der Waals surface area contributed by atoms with E-state index in [4.69, 9.17) is 14.2 Å². The SMILES string of the molecule is COc1ccc(OC)c(NC(=O)Nc2cc(F)c3nc(N4CCOCC4)ccc3c2)c1. The second-order valence-electron chi connectivity index (χ2n) is 6.94. The van der Waals surface area contributed by atoms with Crippen LogP contribution in [0.4, 0.5) is 26.4 Å². The van der Waals surface area contributed by atoms with E-state index in [-0.39, 0.29) is 5.52 Å². The highest BCUT2D eigenvalue weighted by atomic mass is 19.1. The molecule has 0 bridgehead atoms. The first-order chi connectivity index (χ1) is 15.1.